The Morgan fingerprint density at radius 3 is 1.88 bits per heavy atom. The number of halogens is 1. The Hall–Kier alpha value is -3.62. The molecule has 3 N–H and O–H groups in total. The van der Waals surface area contributed by atoms with Crippen LogP contribution in [0.3, 0.4) is 0 Å². The first-order valence-electron chi connectivity index (χ1n) is 10.5. The first-order chi connectivity index (χ1) is 16.4. The highest BCUT2D eigenvalue weighted by Gasteiger charge is 2.11. The molecule has 172 valence electrons. The molecule has 0 atom stereocenters. The van der Waals surface area contributed by atoms with Crippen molar-refractivity contribution in [2.75, 3.05) is 21.7 Å². The van der Waals surface area contributed by atoms with Gasteiger partial charge in [0.25, 0.3) is 0 Å². The van der Waals surface area contributed by atoms with E-state index in [4.69, 9.17) is 11.6 Å². The fourth-order valence-corrected chi connectivity index (χ4v) is 3.78. The number of amides is 1. The molecule has 0 aliphatic heterocycles. The normalized spacial score (nSPS) is 10.6. The van der Waals surface area contributed by atoms with Crippen LogP contribution in [-0.4, -0.2) is 26.6 Å². The van der Waals surface area contributed by atoms with E-state index < -0.39 is 0 Å². The van der Waals surface area contributed by atoms with E-state index in [1.165, 1.54) is 11.8 Å². The first-order valence-corrected chi connectivity index (χ1v) is 11.9. The summed E-state index contributed by atoms with van der Waals surface area (Å²) >= 11 is 7.21. The summed E-state index contributed by atoms with van der Waals surface area (Å²) in [5.41, 5.74) is 4.66. The fraction of sp³-hybridized carbons (Fsp3) is 0.120. The molecule has 4 rings (SSSR count). The molecule has 0 fully saturated rings. The molecular formula is C25H23ClN6OS. The zero-order chi connectivity index (χ0) is 23.9. The smallest absolute Gasteiger partial charge is 0.234 e. The Balaban J connectivity index is 1.51. The van der Waals surface area contributed by atoms with Gasteiger partial charge in [0.2, 0.25) is 17.8 Å². The quantitative estimate of drug-likeness (QED) is 0.247. The van der Waals surface area contributed by atoms with Crippen LogP contribution in [0.25, 0.3) is 0 Å². The largest absolute Gasteiger partial charge is 0.325 e. The standard InChI is InChI=1S/C25H23ClN6OS/c1-16-6-10-19(11-7-16)28-23-30-24(29-20-12-8-17(2)9-13-20)32-25(31-23)34-15-22(33)27-21-5-3-4-18(26)14-21/h3-14H,15H2,1-2H3,(H,27,33)(H2,28,29,30,31,32). The highest BCUT2D eigenvalue weighted by Crippen LogP contribution is 2.22. The van der Waals surface area contributed by atoms with Gasteiger partial charge in [-0.15, -0.1) is 0 Å². The summed E-state index contributed by atoms with van der Waals surface area (Å²) in [6, 6.07) is 22.9. The third-order valence-electron chi connectivity index (χ3n) is 4.67. The van der Waals surface area contributed by atoms with E-state index in [0.29, 0.717) is 27.8 Å². The number of hydrogen-bond donors (Lipinski definition) is 3. The predicted molar refractivity (Wildman–Crippen MR) is 140 cm³/mol. The van der Waals surface area contributed by atoms with Gasteiger partial charge in [-0.2, -0.15) is 15.0 Å². The molecule has 0 aliphatic carbocycles. The molecular weight excluding hydrogens is 468 g/mol. The summed E-state index contributed by atoms with van der Waals surface area (Å²) in [6.07, 6.45) is 0. The highest BCUT2D eigenvalue weighted by molar-refractivity contribution is 7.99. The summed E-state index contributed by atoms with van der Waals surface area (Å²) < 4.78 is 0. The molecule has 1 heterocycles. The lowest BCUT2D eigenvalue weighted by atomic mass is 10.2. The van der Waals surface area contributed by atoms with Gasteiger partial charge in [-0.05, 0) is 56.3 Å². The molecule has 0 saturated heterocycles. The lowest BCUT2D eigenvalue weighted by molar-refractivity contribution is -0.113. The SMILES string of the molecule is Cc1ccc(Nc2nc(Nc3ccc(C)cc3)nc(SCC(=O)Nc3cccc(Cl)c3)n2)cc1. The minimum Gasteiger partial charge on any atom is -0.325 e. The number of aryl methyl sites for hydroxylation is 2. The van der Waals surface area contributed by atoms with Gasteiger partial charge in [-0.3, -0.25) is 4.79 Å². The monoisotopic (exact) mass is 490 g/mol. The van der Waals surface area contributed by atoms with Crippen LogP contribution in [-0.2, 0) is 4.79 Å². The number of hydrogen-bond acceptors (Lipinski definition) is 7. The number of thioether (sulfide) groups is 1. The molecule has 0 radical (unpaired) electrons. The Bertz CT molecular complexity index is 1220. The minimum atomic E-state index is -0.186. The average Bonchev–Trinajstić information content (AvgIpc) is 2.81. The maximum absolute atomic E-state index is 12.4. The third kappa shape index (κ3) is 6.94. The van der Waals surface area contributed by atoms with E-state index in [9.17, 15) is 4.79 Å². The van der Waals surface area contributed by atoms with E-state index >= 15 is 0 Å². The molecule has 34 heavy (non-hydrogen) atoms. The van der Waals surface area contributed by atoms with Crippen molar-refractivity contribution in [3.05, 3.63) is 88.9 Å². The highest BCUT2D eigenvalue weighted by atomic mass is 35.5. The van der Waals surface area contributed by atoms with Gasteiger partial charge in [0.05, 0.1) is 5.75 Å². The fourth-order valence-electron chi connectivity index (χ4n) is 2.96. The zero-order valence-corrected chi connectivity index (χ0v) is 20.2. The molecule has 0 aliphatic rings. The van der Waals surface area contributed by atoms with Crippen LogP contribution >= 0.6 is 23.4 Å². The van der Waals surface area contributed by atoms with Crippen molar-refractivity contribution in [2.24, 2.45) is 0 Å². The predicted octanol–water partition coefficient (Wildman–Crippen LogP) is 6.36. The minimum absolute atomic E-state index is 0.129. The summed E-state index contributed by atoms with van der Waals surface area (Å²) in [6.45, 7) is 4.05. The van der Waals surface area contributed by atoms with E-state index in [1.807, 2.05) is 62.4 Å². The van der Waals surface area contributed by atoms with Crippen LogP contribution in [0, 0.1) is 13.8 Å². The average molecular weight is 491 g/mol. The van der Waals surface area contributed by atoms with Crippen molar-refractivity contribution < 1.29 is 4.79 Å². The van der Waals surface area contributed by atoms with Crippen LogP contribution in [0.1, 0.15) is 11.1 Å². The van der Waals surface area contributed by atoms with Crippen LogP contribution in [0.2, 0.25) is 5.02 Å². The van der Waals surface area contributed by atoms with Crippen LogP contribution in [0.5, 0.6) is 0 Å². The molecule has 0 unspecified atom stereocenters. The van der Waals surface area contributed by atoms with Gasteiger partial charge in [0, 0.05) is 22.1 Å². The number of carbonyl (C=O) groups is 1. The van der Waals surface area contributed by atoms with Gasteiger partial charge in [-0.25, -0.2) is 0 Å². The second-order valence-electron chi connectivity index (χ2n) is 7.59. The number of benzene rings is 3. The topological polar surface area (TPSA) is 91.8 Å². The maximum Gasteiger partial charge on any atom is 0.234 e. The van der Waals surface area contributed by atoms with Crippen molar-refractivity contribution in [1.82, 2.24) is 15.0 Å². The van der Waals surface area contributed by atoms with E-state index in [0.717, 1.165) is 22.5 Å². The van der Waals surface area contributed by atoms with Crippen LogP contribution < -0.4 is 16.0 Å². The number of aromatic nitrogens is 3. The van der Waals surface area contributed by atoms with Crippen molar-refractivity contribution in [2.45, 2.75) is 19.0 Å². The van der Waals surface area contributed by atoms with Gasteiger partial charge in [0.1, 0.15) is 0 Å². The zero-order valence-electron chi connectivity index (χ0n) is 18.7. The van der Waals surface area contributed by atoms with E-state index in [1.54, 1.807) is 24.3 Å². The second kappa shape index (κ2) is 11.0. The van der Waals surface area contributed by atoms with Crippen LogP contribution in [0.4, 0.5) is 29.0 Å². The molecule has 0 spiro atoms. The van der Waals surface area contributed by atoms with Crippen molar-refractivity contribution in [3.63, 3.8) is 0 Å². The first kappa shape index (κ1) is 23.5. The Morgan fingerprint density at radius 1 is 0.794 bits per heavy atom. The number of carbonyl (C=O) groups excluding carboxylic acids is 1. The summed E-state index contributed by atoms with van der Waals surface area (Å²) in [5.74, 6) is 0.705. The Morgan fingerprint density at radius 2 is 1.35 bits per heavy atom. The second-order valence-corrected chi connectivity index (χ2v) is 8.97. The van der Waals surface area contributed by atoms with Crippen molar-refractivity contribution >= 4 is 58.2 Å². The van der Waals surface area contributed by atoms with E-state index in [-0.39, 0.29) is 11.7 Å². The number of nitrogens with zero attached hydrogens (tertiary/aromatic N) is 3. The third-order valence-corrected chi connectivity index (χ3v) is 5.75. The van der Waals surface area contributed by atoms with Crippen molar-refractivity contribution in [3.8, 4) is 0 Å². The molecule has 1 amide bonds. The number of nitrogens with one attached hydrogen (secondary N) is 3. The Labute approximate surface area is 207 Å². The molecule has 9 heteroatoms. The number of rotatable bonds is 8. The number of anilines is 5. The van der Waals surface area contributed by atoms with Crippen LogP contribution in [0.15, 0.2) is 78.0 Å². The lowest BCUT2D eigenvalue weighted by Gasteiger charge is -2.11. The van der Waals surface area contributed by atoms with Gasteiger partial charge < -0.3 is 16.0 Å². The van der Waals surface area contributed by atoms with Gasteiger partial charge in [-0.1, -0.05) is 64.8 Å². The Kier molecular flexibility index (Phi) is 7.61. The van der Waals surface area contributed by atoms with E-state index in [2.05, 4.69) is 30.9 Å². The molecule has 0 saturated carbocycles. The maximum atomic E-state index is 12.4. The van der Waals surface area contributed by atoms with Crippen molar-refractivity contribution in [1.29, 1.82) is 0 Å². The molecule has 4 aromatic rings. The lowest BCUT2D eigenvalue weighted by Crippen LogP contribution is -2.14. The van der Waals surface area contributed by atoms with Gasteiger partial charge >= 0.3 is 0 Å². The summed E-state index contributed by atoms with van der Waals surface area (Å²) in [4.78, 5) is 25.9. The molecule has 7 nitrogen and oxygen atoms in total. The van der Waals surface area contributed by atoms with Gasteiger partial charge in [0.15, 0.2) is 5.16 Å². The molecule has 3 aromatic carbocycles. The molecule has 1 aromatic heterocycles. The molecule has 0 bridgehead atoms. The summed E-state index contributed by atoms with van der Waals surface area (Å²) in [7, 11) is 0. The summed E-state index contributed by atoms with van der Waals surface area (Å²) in [5, 5.41) is 10.2.